The van der Waals surface area contributed by atoms with Gasteiger partial charge in [0, 0.05) is 25.2 Å². The molecule has 0 aliphatic heterocycles. The van der Waals surface area contributed by atoms with Gasteiger partial charge in [-0.05, 0) is 51.6 Å². The highest BCUT2D eigenvalue weighted by Crippen LogP contribution is 2.50. The lowest BCUT2D eigenvalue weighted by Gasteiger charge is -2.05. The van der Waals surface area contributed by atoms with Crippen LogP contribution in [0.3, 0.4) is 0 Å². The van der Waals surface area contributed by atoms with Crippen LogP contribution >= 0.6 is 22.7 Å². The van der Waals surface area contributed by atoms with Crippen LogP contribution in [-0.4, -0.2) is 0 Å². The first-order chi connectivity index (χ1) is 12.4. The summed E-state index contributed by atoms with van der Waals surface area (Å²) in [6.45, 7) is 0. The van der Waals surface area contributed by atoms with E-state index in [9.17, 15) is 0 Å². The van der Waals surface area contributed by atoms with E-state index < -0.39 is 0 Å². The molecule has 0 saturated heterocycles. The van der Waals surface area contributed by atoms with Crippen LogP contribution in [0.2, 0.25) is 0 Å². The molecule has 0 unspecified atom stereocenters. The maximum Gasteiger partial charge on any atom is 0.0445 e. The lowest BCUT2D eigenvalue weighted by Crippen LogP contribution is -1.81. The molecule has 0 saturated carbocycles. The van der Waals surface area contributed by atoms with Gasteiger partial charge in [0.25, 0.3) is 0 Å². The minimum Gasteiger partial charge on any atom is -0.143 e. The van der Waals surface area contributed by atoms with Crippen molar-refractivity contribution in [2.75, 3.05) is 0 Å². The first kappa shape index (κ1) is 13.8. The van der Waals surface area contributed by atoms with Gasteiger partial charge in [-0.3, -0.25) is 0 Å². The van der Waals surface area contributed by atoms with Gasteiger partial charge in [0.2, 0.25) is 0 Å². The zero-order valence-electron chi connectivity index (χ0n) is 13.5. The second-order valence-corrected chi connectivity index (χ2v) is 8.54. The number of fused-ring (bicyclic) bond motifs is 8. The normalized spacial score (nSPS) is 12.6. The van der Waals surface area contributed by atoms with Crippen molar-refractivity contribution in [3.8, 4) is 21.6 Å². The highest BCUT2D eigenvalue weighted by molar-refractivity contribution is 7.24. The molecule has 25 heavy (non-hydrogen) atoms. The predicted molar refractivity (Wildman–Crippen MR) is 111 cm³/mol. The monoisotopic (exact) mass is 354 g/mol. The van der Waals surface area contributed by atoms with Gasteiger partial charge in [-0.15, -0.1) is 22.7 Å². The average molecular weight is 354 g/mol. The molecule has 0 bridgehead atoms. The molecule has 0 radical (unpaired) electrons. The third kappa shape index (κ3) is 1.87. The van der Waals surface area contributed by atoms with Crippen molar-refractivity contribution in [3.05, 3.63) is 83.2 Å². The summed E-state index contributed by atoms with van der Waals surface area (Å²) in [5.74, 6) is 0. The van der Waals surface area contributed by atoms with Crippen LogP contribution in [-0.2, 0) is 6.42 Å². The lowest BCUT2D eigenvalue weighted by molar-refractivity contribution is 1.29. The molecule has 0 atom stereocenters. The van der Waals surface area contributed by atoms with Crippen LogP contribution in [0.5, 0.6) is 0 Å². The van der Waals surface area contributed by atoms with Gasteiger partial charge in [-0.2, -0.15) is 0 Å². The Balaban J connectivity index is 1.77. The van der Waals surface area contributed by atoms with Crippen LogP contribution in [0, 0.1) is 0 Å². The van der Waals surface area contributed by atoms with Gasteiger partial charge in [-0.25, -0.2) is 0 Å². The van der Waals surface area contributed by atoms with E-state index in [4.69, 9.17) is 0 Å². The smallest absolute Gasteiger partial charge is 0.0445 e. The first-order valence-electron chi connectivity index (χ1n) is 8.49. The second-order valence-electron chi connectivity index (χ2n) is 6.57. The van der Waals surface area contributed by atoms with E-state index in [0.717, 1.165) is 6.42 Å². The minimum atomic E-state index is 1.06. The van der Waals surface area contributed by atoms with E-state index in [0.29, 0.717) is 0 Å². The topological polar surface area (TPSA) is 0 Å². The highest BCUT2D eigenvalue weighted by Gasteiger charge is 2.25. The van der Waals surface area contributed by atoms with Crippen molar-refractivity contribution < 1.29 is 0 Å². The van der Waals surface area contributed by atoms with E-state index in [1.165, 1.54) is 52.9 Å². The minimum absolute atomic E-state index is 1.06. The predicted octanol–water partition coefficient (Wildman–Crippen LogP) is 7.35. The molecule has 2 heterocycles. The van der Waals surface area contributed by atoms with E-state index in [2.05, 4.69) is 72.1 Å². The second kappa shape index (κ2) is 5.04. The quantitative estimate of drug-likeness (QED) is 0.289. The summed E-state index contributed by atoms with van der Waals surface area (Å²) in [6.07, 6.45) is 1.06. The molecule has 0 N–H and O–H groups in total. The van der Waals surface area contributed by atoms with Crippen LogP contribution in [0.15, 0.2) is 72.1 Å². The fourth-order valence-electron chi connectivity index (χ4n) is 4.09. The standard InChI is InChI=1S/C23H14S2/c1-2-6-14(7-3-1)20-13-19-22-17(10-11-24-22)18-12-15-8-4-5-9-16(15)21(18)23(19)25-20/h1-11,13H,12H2. The summed E-state index contributed by atoms with van der Waals surface area (Å²) in [5, 5.41) is 5.11. The van der Waals surface area contributed by atoms with Crippen molar-refractivity contribution in [1.29, 1.82) is 0 Å². The van der Waals surface area contributed by atoms with Crippen LogP contribution in [0.4, 0.5) is 0 Å². The van der Waals surface area contributed by atoms with Crippen molar-refractivity contribution in [3.63, 3.8) is 0 Å². The lowest BCUT2D eigenvalue weighted by atomic mass is 10.0. The average Bonchev–Trinajstić information content (AvgIpc) is 3.37. The van der Waals surface area contributed by atoms with E-state index in [-0.39, 0.29) is 0 Å². The molecule has 3 aromatic carbocycles. The molecule has 0 nitrogen and oxygen atoms in total. The maximum atomic E-state index is 2.40. The zero-order valence-corrected chi connectivity index (χ0v) is 15.1. The Morgan fingerprint density at radius 2 is 1.60 bits per heavy atom. The van der Waals surface area contributed by atoms with Gasteiger partial charge in [-0.1, -0.05) is 54.6 Å². The summed E-state index contributed by atoms with van der Waals surface area (Å²) >= 11 is 3.82. The third-order valence-corrected chi connectivity index (χ3v) is 7.36. The third-order valence-electron chi connectivity index (χ3n) is 5.21. The van der Waals surface area contributed by atoms with Crippen molar-refractivity contribution in [2.24, 2.45) is 0 Å². The van der Waals surface area contributed by atoms with Crippen LogP contribution in [0.1, 0.15) is 11.1 Å². The largest absolute Gasteiger partial charge is 0.143 e. The summed E-state index contributed by atoms with van der Waals surface area (Å²) in [5.41, 5.74) is 7.20. The van der Waals surface area contributed by atoms with Gasteiger partial charge < -0.3 is 0 Å². The Bertz CT molecular complexity index is 1260. The Kier molecular flexibility index (Phi) is 2.79. The summed E-state index contributed by atoms with van der Waals surface area (Å²) < 4.78 is 2.90. The highest BCUT2D eigenvalue weighted by atomic mass is 32.1. The molecule has 0 fully saturated rings. The van der Waals surface area contributed by atoms with Crippen LogP contribution in [0.25, 0.3) is 41.7 Å². The molecule has 118 valence electrons. The van der Waals surface area contributed by atoms with E-state index in [1.54, 1.807) is 0 Å². The molecular formula is C23H14S2. The van der Waals surface area contributed by atoms with Crippen molar-refractivity contribution >= 4 is 42.8 Å². The molecule has 1 aliphatic carbocycles. The molecule has 0 spiro atoms. The van der Waals surface area contributed by atoms with Crippen LogP contribution < -0.4 is 0 Å². The van der Waals surface area contributed by atoms with Gasteiger partial charge >= 0.3 is 0 Å². The van der Waals surface area contributed by atoms with Gasteiger partial charge in [0.05, 0.1) is 0 Å². The fourth-order valence-corrected chi connectivity index (χ4v) is 6.36. The number of rotatable bonds is 1. The molecule has 5 aromatic rings. The molecule has 2 heteroatoms. The number of hydrogen-bond donors (Lipinski definition) is 0. The number of hydrogen-bond acceptors (Lipinski definition) is 2. The summed E-state index contributed by atoms with van der Waals surface area (Å²) in [7, 11) is 0. The van der Waals surface area contributed by atoms with E-state index >= 15 is 0 Å². The number of benzene rings is 3. The Hall–Kier alpha value is -2.42. The maximum absolute atomic E-state index is 2.40. The Labute approximate surface area is 154 Å². The molecule has 6 rings (SSSR count). The van der Waals surface area contributed by atoms with Gasteiger partial charge in [0.15, 0.2) is 0 Å². The summed E-state index contributed by atoms with van der Waals surface area (Å²) in [4.78, 5) is 1.36. The first-order valence-corrected chi connectivity index (χ1v) is 10.2. The van der Waals surface area contributed by atoms with Crippen molar-refractivity contribution in [2.45, 2.75) is 6.42 Å². The Morgan fingerprint density at radius 1 is 0.760 bits per heavy atom. The Morgan fingerprint density at radius 3 is 2.52 bits per heavy atom. The zero-order chi connectivity index (χ0) is 16.4. The molecular weight excluding hydrogens is 340 g/mol. The fraction of sp³-hybridized carbons (Fsp3) is 0.0435. The van der Waals surface area contributed by atoms with Crippen molar-refractivity contribution in [1.82, 2.24) is 0 Å². The summed E-state index contributed by atoms with van der Waals surface area (Å²) in [6, 6.07) is 24.4. The molecule has 2 aromatic heterocycles. The molecule has 0 amide bonds. The SMILES string of the molecule is c1ccc(-c2cc3c(s2)c2c(c4ccsc43)Cc3ccccc3-2)cc1. The number of thiophene rings is 2. The van der Waals surface area contributed by atoms with E-state index in [1.807, 2.05) is 22.7 Å². The van der Waals surface area contributed by atoms with Gasteiger partial charge in [0.1, 0.15) is 0 Å². The molecule has 1 aliphatic rings.